The molecule has 1 fully saturated rings. The number of fused-ring (bicyclic) bond motifs is 1. The second kappa shape index (κ2) is 10.3. The van der Waals surface area contributed by atoms with E-state index in [9.17, 15) is 9.90 Å². The van der Waals surface area contributed by atoms with Crippen LogP contribution in [-0.4, -0.2) is 46.8 Å². The molecule has 2 N–H and O–H groups in total. The fourth-order valence-electron chi connectivity index (χ4n) is 5.33. The number of alkyl halides is 1. The Labute approximate surface area is 214 Å². The van der Waals surface area contributed by atoms with Crippen LogP contribution in [-0.2, 0) is 14.8 Å². The van der Waals surface area contributed by atoms with Crippen molar-refractivity contribution in [1.29, 1.82) is 0 Å². The lowest BCUT2D eigenvalue weighted by Gasteiger charge is -2.51. The quantitative estimate of drug-likeness (QED) is 0.188. The lowest BCUT2D eigenvalue weighted by atomic mass is 9.86. The number of halogens is 1. The van der Waals surface area contributed by atoms with Crippen molar-refractivity contribution in [2.45, 2.75) is 62.3 Å². The number of aromatic amines is 1. The van der Waals surface area contributed by atoms with Gasteiger partial charge in [0.25, 0.3) is 0 Å². The number of carboxylic acids is 1. The highest BCUT2D eigenvalue weighted by molar-refractivity contribution is 14.1. The number of carboxylic acid groups (broad SMARTS) is 1. The Morgan fingerprint density at radius 2 is 2.00 bits per heavy atom. The third kappa shape index (κ3) is 4.57. The monoisotopic (exact) mass is 576 g/mol. The molecule has 0 amide bonds. The second-order valence-electron chi connectivity index (χ2n) is 8.99. The van der Waals surface area contributed by atoms with E-state index in [1.807, 2.05) is 25.3 Å². The molecule has 34 heavy (non-hydrogen) atoms. The molecule has 0 saturated carbocycles. The van der Waals surface area contributed by atoms with Gasteiger partial charge in [-0.15, -0.1) is 0 Å². The summed E-state index contributed by atoms with van der Waals surface area (Å²) in [5.74, 6) is -0.0150. The molecule has 3 aromatic rings. The van der Waals surface area contributed by atoms with Gasteiger partial charge in [-0.2, -0.15) is 0 Å². The number of rotatable bonds is 8. The molecule has 0 bridgehead atoms. The van der Waals surface area contributed by atoms with Crippen molar-refractivity contribution in [3.05, 3.63) is 64.8 Å². The minimum Gasteiger partial charge on any atom is -0.496 e. The van der Waals surface area contributed by atoms with E-state index in [0.717, 1.165) is 48.2 Å². The topological polar surface area (TPSA) is 74.8 Å². The summed E-state index contributed by atoms with van der Waals surface area (Å²) in [6.07, 6.45) is 4.92. The number of aromatic carboxylic acids is 1. The SMILES string of the molecule is CCO[C@@H]1C[C@H](CC)N(Cc2c(OC)cc(C)c3[nH]ccc23)C(I)(c2ccc(C(=O)O)cc2)C1. The Balaban J connectivity index is 1.82. The van der Waals surface area contributed by atoms with E-state index in [1.54, 1.807) is 19.2 Å². The van der Waals surface area contributed by atoms with Crippen LogP contribution in [0.3, 0.4) is 0 Å². The first kappa shape index (κ1) is 25.0. The third-order valence-electron chi connectivity index (χ3n) is 7.04. The van der Waals surface area contributed by atoms with Crippen LogP contribution in [0.1, 0.15) is 60.2 Å². The number of aryl methyl sites for hydroxylation is 1. The van der Waals surface area contributed by atoms with Gasteiger partial charge in [0, 0.05) is 48.3 Å². The Morgan fingerprint density at radius 1 is 1.26 bits per heavy atom. The number of aromatic nitrogens is 1. The molecule has 4 rings (SSSR count). The Kier molecular flexibility index (Phi) is 7.54. The fourth-order valence-corrected chi connectivity index (χ4v) is 6.74. The van der Waals surface area contributed by atoms with Gasteiger partial charge in [0.05, 0.1) is 18.8 Å². The summed E-state index contributed by atoms with van der Waals surface area (Å²) in [5, 5.41) is 10.6. The Hall–Kier alpha value is -2.10. The molecule has 7 heteroatoms. The molecule has 1 saturated heterocycles. The number of ether oxygens (including phenoxy) is 2. The van der Waals surface area contributed by atoms with Gasteiger partial charge in [0.1, 0.15) is 9.30 Å². The first-order chi connectivity index (χ1) is 16.3. The smallest absolute Gasteiger partial charge is 0.335 e. The van der Waals surface area contributed by atoms with E-state index in [4.69, 9.17) is 9.47 Å². The van der Waals surface area contributed by atoms with Gasteiger partial charge in [-0.3, -0.25) is 4.90 Å². The van der Waals surface area contributed by atoms with Gasteiger partial charge in [-0.25, -0.2) is 4.79 Å². The summed E-state index contributed by atoms with van der Waals surface area (Å²) in [6.45, 7) is 7.78. The molecule has 182 valence electrons. The highest BCUT2D eigenvalue weighted by Crippen LogP contribution is 2.49. The molecule has 0 spiro atoms. The standard InChI is InChI=1S/C27H33IN2O4/c1-5-20-14-21(34-6-2)15-27(28,19-9-7-18(8-10-19)26(31)32)30(20)16-23-22-11-12-29-25(22)17(3)13-24(23)33-4/h7-13,20-21,29H,5-6,14-16H2,1-4H3,(H,31,32)/t20-,21+,27?/m0/s1. The number of nitrogens with one attached hydrogen (secondary N) is 1. The maximum Gasteiger partial charge on any atom is 0.335 e. The second-order valence-corrected chi connectivity index (χ2v) is 10.8. The third-order valence-corrected chi connectivity index (χ3v) is 8.72. The summed E-state index contributed by atoms with van der Waals surface area (Å²) in [7, 11) is 1.73. The number of carbonyl (C=O) groups is 1. The molecule has 1 aromatic heterocycles. The van der Waals surface area contributed by atoms with Crippen LogP contribution in [0, 0.1) is 6.92 Å². The number of likely N-dealkylation sites (tertiary alicyclic amines) is 1. The van der Waals surface area contributed by atoms with E-state index in [2.05, 4.69) is 58.5 Å². The predicted molar refractivity (Wildman–Crippen MR) is 143 cm³/mol. The van der Waals surface area contributed by atoms with Crippen LogP contribution in [0.15, 0.2) is 42.6 Å². The molecule has 2 aromatic carbocycles. The summed E-state index contributed by atoms with van der Waals surface area (Å²) >= 11 is 2.57. The average molecular weight is 576 g/mol. The molecular formula is C27H33IN2O4. The predicted octanol–water partition coefficient (Wildman–Crippen LogP) is 6.25. The normalized spacial score (nSPS) is 23.3. The summed E-state index contributed by atoms with van der Waals surface area (Å²) in [4.78, 5) is 17.4. The van der Waals surface area contributed by atoms with Crippen molar-refractivity contribution in [2.75, 3.05) is 13.7 Å². The minimum absolute atomic E-state index is 0.148. The molecule has 0 aliphatic carbocycles. The van der Waals surface area contributed by atoms with Crippen LogP contribution < -0.4 is 4.74 Å². The van der Waals surface area contributed by atoms with Crippen LogP contribution in [0.4, 0.5) is 0 Å². The number of hydrogen-bond donors (Lipinski definition) is 2. The highest BCUT2D eigenvalue weighted by Gasteiger charge is 2.46. The number of nitrogens with zero attached hydrogens (tertiary/aromatic N) is 1. The molecule has 1 unspecified atom stereocenters. The highest BCUT2D eigenvalue weighted by atomic mass is 127. The lowest BCUT2D eigenvalue weighted by molar-refractivity contribution is -0.0503. The van der Waals surface area contributed by atoms with E-state index in [1.165, 1.54) is 10.9 Å². The van der Waals surface area contributed by atoms with E-state index >= 15 is 0 Å². The van der Waals surface area contributed by atoms with Crippen LogP contribution in [0.2, 0.25) is 0 Å². The molecule has 2 heterocycles. The van der Waals surface area contributed by atoms with Crippen molar-refractivity contribution in [1.82, 2.24) is 9.88 Å². The van der Waals surface area contributed by atoms with Crippen LogP contribution in [0.25, 0.3) is 10.9 Å². The summed E-state index contributed by atoms with van der Waals surface area (Å²) in [5.41, 5.74) is 4.86. The maximum absolute atomic E-state index is 11.5. The number of piperidine rings is 1. The van der Waals surface area contributed by atoms with Crippen molar-refractivity contribution < 1.29 is 19.4 Å². The molecular weight excluding hydrogens is 543 g/mol. The molecule has 1 aliphatic rings. The molecule has 0 radical (unpaired) electrons. The number of hydrogen-bond acceptors (Lipinski definition) is 4. The van der Waals surface area contributed by atoms with Crippen molar-refractivity contribution in [3.8, 4) is 5.75 Å². The molecule has 6 nitrogen and oxygen atoms in total. The van der Waals surface area contributed by atoms with Crippen LogP contribution in [0.5, 0.6) is 5.75 Å². The zero-order valence-corrected chi connectivity index (χ0v) is 22.4. The van der Waals surface area contributed by atoms with Gasteiger partial charge >= 0.3 is 5.97 Å². The van der Waals surface area contributed by atoms with Gasteiger partial charge in [-0.1, -0.05) is 41.6 Å². The first-order valence-electron chi connectivity index (χ1n) is 11.9. The number of methoxy groups -OCH3 is 1. The Bertz CT molecular complexity index is 1160. The number of H-pyrrole nitrogens is 1. The minimum atomic E-state index is -0.910. The molecule has 3 atom stereocenters. The van der Waals surface area contributed by atoms with E-state index in [-0.39, 0.29) is 9.65 Å². The van der Waals surface area contributed by atoms with E-state index in [0.29, 0.717) is 18.2 Å². The molecule has 1 aliphatic heterocycles. The van der Waals surface area contributed by atoms with Gasteiger partial charge in [0.15, 0.2) is 0 Å². The largest absolute Gasteiger partial charge is 0.496 e. The zero-order valence-electron chi connectivity index (χ0n) is 20.2. The fraction of sp³-hybridized carbons (Fsp3) is 0.444. The summed E-state index contributed by atoms with van der Waals surface area (Å²) < 4.78 is 11.7. The van der Waals surface area contributed by atoms with Gasteiger partial charge in [-0.05, 0) is 62.1 Å². The van der Waals surface area contributed by atoms with Crippen LogP contribution >= 0.6 is 22.6 Å². The van der Waals surface area contributed by atoms with Crippen molar-refractivity contribution >= 4 is 39.5 Å². The average Bonchev–Trinajstić information content (AvgIpc) is 3.32. The number of benzene rings is 2. The van der Waals surface area contributed by atoms with Crippen molar-refractivity contribution in [2.24, 2.45) is 0 Å². The first-order valence-corrected chi connectivity index (χ1v) is 12.9. The lowest BCUT2D eigenvalue weighted by Crippen LogP contribution is -2.54. The maximum atomic E-state index is 11.5. The van der Waals surface area contributed by atoms with E-state index < -0.39 is 5.97 Å². The Morgan fingerprint density at radius 3 is 2.62 bits per heavy atom. The van der Waals surface area contributed by atoms with Gasteiger partial charge in [0.2, 0.25) is 0 Å². The van der Waals surface area contributed by atoms with Gasteiger partial charge < -0.3 is 19.6 Å². The summed E-state index contributed by atoms with van der Waals surface area (Å²) in [6, 6.07) is 11.9. The zero-order chi connectivity index (χ0) is 24.5. The van der Waals surface area contributed by atoms with Crippen molar-refractivity contribution in [3.63, 3.8) is 0 Å².